The van der Waals surface area contributed by atoms with Gasteiger partial charge in [0.2, 0.25) is 0 Å². The van der Waals surface area contributed by atoms with Crippen molar-refractivity contribution in [2.45, 2.75) is 38.8 Å². The number of likely N-dealkylation sites (N-methyl/N-ethyl adjacent to an activating group) is 1. The van der Waals surface area contributed by atoms with Crippen LogP contribution in [0, 0.1) is 0 Å². The van der Waals surface area contributed by atoms with Crippen molar-refractivity contribution in [2.75, 3.05) is 19.6 Å². The first kappa shape index (κ1) is 11.7. The van der Waals surface area contributed by atoms with Gasteiger partial charge in [-0.15, -0.1) is 0 Å². The highest BCUT2D eigenvalue weighted by atomic mass is 16.3. The molecule has 0 saturated carbocycles. The zero-order chi connectivity index (χ0) is 11.2. The van der Waals surface area contributed by atoms with Gasteiger partial charge in [0.25, 0.3) is 0 Å². The number of furan rings is 1. The van der Waals surface area contributed by atoms with Crippen molar-refractivity contribution in [3.8, 4) is 0 Å². The molecule has 1 fully saturated rings. The molecule has 0 radical (unpaired) electrons. The molecule has 0 aromatic carbocycles. The minimum Gasteiger partial charge on any atom is -0.468 e. The molecule has 16 heavy (non-hydrogen) atoms. The molecule has 3 heteroatoms. The van der Waals surface area contributed by atoms with Gasteiger partial charge < -0.3 is 9.73 Å². The molecule has 0 aliphatic carbocycles. The zero-order valence-corrected chi connectivity index (χ0v) is 10.1. The van der Waals surface area contributed by atoms with Crippen LogP contribution in [0.25, 0.3) is 0 Å². The van der Waals surface area contributed by atoms with E-state index in [1.54, 1.807) is 6.26 Å². The van der Waals surface area contributed by atoms with Crippen LogP contribution >= 0.6 is 0 Å². The van der Waals surface area contributed by atoms with Crippen LogP contribution < -0.4 is 5.32 Å². The molecule has 1 aliphatic heterocycles. The van der Waals surface area contributed by atoms with E-state index in [1.807, 2.05) is 6.07 Å². The molecule has 0 amide bonds. The predicted octanol–water partition coefficient (Wildman–Crippen LogP) is 2.24. The molecule has 0 bridgehead atoms. The zero-order valence-electron chi connectivity index (χ0n) is 10.1. The second kappa shape index (κ2) is 6.06. The van der Waals surface area contributed by atoms with Crippen molar-refractivity contribution < 1.29 is 4.42 Å². The number of nitrogens with one attached hydrogen (secondary N) is 1. The molecular formula is C13H22N2O. The lowest BCUT2D eigenvalue weighted by atomic mass is 10.1. The van der Waals surface area contributed by atoms with Gasteiger partial charge in [-0.1, -0.05) is 13.3 Å². The van der Waals surface area contributed by atoms with Crippen molar-refractivity contribution in [3.05, 3.63) is 24.2 Å². The number of hydrogen-bond acceptors (Lipinski definition) is 3. The van der Waals surface area contributed by atoms with Crippen LogP contribution in [0.2, 0.25) is 0 Å². The van der Waals surface area contributed by atoms with Crippen molar-refractivity contribution in [2.24, 2.45) is 0 Å². The largest absolute Gasteiger partial charge is 0.468 e. The van der Waals surface area contributed by atoms with Crippen LogP contribution in [0.15, 0.2) is 22.8 Å². The minimum absolute atomic E-state index is 0.664. The number of rotatable bonds is 4. The maximum Gasteiger partial charge on any atom is 0.117 e. The Balaban J connectivity index is 1.92. The van der Waals surface area contributed by atoms with Crippen molar-refractivity contribution in [1.82, 2.24) is 10.2 Å². The summed E-state index contributed by atoms with van der Waals surface area (Å²) < 4.78 is 5.43. The second-order valence-corrected chi connectivity index (χ2v) is 4.50. The second-order valence-electron chi connectivity index (χ2n) is 4.50. The van der Waals surface area contributed by atoms with Gasteiger partial charge in [-0.2, -0.15) is 0 Å². The Morgan fingerprint density at radius 2 is 2.44 bits per heavy atom. The molecule has 90 valence electrons. The SMILES string of the molecule is CCN(Cc1ccco1)C1CCCCNC1. The van der Waals surface area contributed by atoms with Crippen molar-refractivity contribution >= 4 is 0 Å². The van der Waals surface area contributed by atoms with Crippen LogP contribution in [0.5, 0.6) is 0 Å². The van der Waals surface area contributed by atoms with Crippen molar-refractivity contribution in [1.29, 1.82) is 0 Å². The molecule has 2 rings (SSSR count). The maximum atomic E-state index is 5.43. The van der Waals surface area contributed by atoms with Gasteiger partial charge in [0.15, 0.2) is 0 Å². The molecule has 2 heterocycles. The molecule has 3 nitrogen and oxygen atoms in total. The van der Waals surface area contributed by atoms with Gasteiger partial charge >= 0.3 is 0 Å². The molecule has 0 spiro atoms. The highest BCUT2D eigenvalue weighted by Crippen LogP contribution is 2.14. The van der Waals surface area contributed by atoms with Gasteiger partial charge in [0.05, 0.1) is 12.8 Å². The van der Waals surface area contributed by atoms with E-state index in [2.05, 4.69) is 23.2 Å². The third-order valence-electron chi connectivity index (χ3n) is 3.38. The fraction of sp³-hybridized carbons (Fsp3) is 0.692. The van der Waals surface area contributed by atoms with E-state index >= 15 is 0 Å². The third-order valence-corrected chi connectivity index (χ3v) is 3.38. The van der Waals surface area contributed by atoms with Crippen LogP contribution in [0.3, 0.4) is 0 Å². The summed E-state index contributed by atoms with van der Waals surface area (Å²) in [6, 6.07) is 4.69. The van der Waals surface area contributed by atoms with Crippen LogP contribution in [0.1, 0.15) is 31.9 Å². The summed E-state index contributed by atoms with van der Waals surface area (Å²) in [5.41, 5.74) is 0. The molecule has 1 unspecified atom stereocenters. The average molecular weight is 222 g/mol. The molecule has 1 aromatic rings. The van der Waals surface area contributed by atoms with E-state index < -0.39 is 0 Å². The summed E-state index contributed by atoms with van der Waals surface area (Å²) in [6.07, 6.45) is 5.72. The standard InChI is InChI=1S/C13H22N2O/c1-2-15(11-13-7-5-9-16-13)12-6-3-4-8-14-10-12/h5,7,9,12,14H,2-4,6,8,10-11H2,1H3. The number of nitrogens with zero attached hydrogens (tertiary/aromatic N) is 1. The molecule has 1 N–H and O–H groups in total. The van der Waals surface area contributed by atoms with Crippen LogP contribution in [0.4, 0.5) is 0 Å². The molecule has 1 saturated heterocycles. The van der Waals surface area contributed by atoms with E-state index in [-0.39, 0.29) is 0 Å². The van der Waals surface area contributed by atoms with E-state index in [9.17, 15) is 0 Å². The summed E-state index contributed by atoms with van der Waals surface area (Å²) in [4.78, 5) is 2.51. The lowest BCUT2D eigenvalue weighted by molar-refractivity contribution is 0.175. The van der Waals surface area contributed by atoms with Gasteiger partial charge in [-0.25, -0.2) is 0 Å². The molecule has 1 aromatic heterocycles. The Hall–Kier alpha value is -0.800. The lowest BCUT2D eigenvalue weighted by Gasteiger charge is -2.29. The molecule has 1 aliphatic rings. The third kappa shape index (κ3) is 3.09. The summed E-state index contributed by atoms with van der Waals surface area (Å²) >= 11 is 0. The summed E-state index contributed by atoms with van der Waals surface area (Å²) in [5.74, 6) is 1.08. The average Bonchev–Trinajstić information content (AvgIpc) is 2.67. The minimum atomic E-state index is 0.664. The maximum absolute atomic E-state index is 5.43. The van der Waals surface area contributed by atoms with Crippen LogP contribution in [-0.4, -0.2) is 30.6 Å². The fourth-order valence-electron chi connectivity index (χ4n) is 2.41. The first-order valence-corrected chi connectivity index (χ1v) is 6.37. The first-order chi connectivity index (χ1) is 7.90. The topological polar surface area (TPSA) is 28.4 Å². The molecular weight excluding hydrogens is 200 g/mol. The van der Waals surface area contributed by atoms with E-state index in [4.69, 9.17) is 4.42 Å². The number of hydrogen-bond donors (Lipinski definition) is 1. The smallest absolute Gasteiger partial charge is 0.117 e. The lowest BCUT2D eigenvalue weighted by Crippen LogP contribution is -2.40. The Morgan fingerprint density at radius 3 is 3.19 bits per heavy atom. The van der Waals surface area contributed by atoms with Gasteiger partial charge in [0.1, 0.15) is 5.76 Å². The van der Waals surface area contributed by atoms with Crippen molar-refractivity contribution in [3.63, 3.8) is 0 Å². The monoisotopic (exact) mass is 222 g/mol. The quantitative estimate of drug-likeness (QED) is 0.847. The first-order valence-electron chi connectivity index (χ1n) is 6.37. The Labute approximate surface area is 97.8 Å². The molecule has 1 atom stereocenters. The van der Waals surface area contributed by atoms with Gasteiger partial charge in [0, 0.05) is 12.6 Å². The van der Waals surface area contributed by atoms with Gasteiger partial charge in [-0.05, 0) is 38.1 Å². The normalized spacial score (nSPS) is 22.2. The van der Waals surface area contributed by atoms with E-state index in [1.165, 1.54) is 25.8 Å². The summed E-state index contributed by atoms with van der Waals surface area (Å²) in [6.45, 7) is 6.56. The van der Waals surface area contributed by atoms with Gasteiger partial charge in [-0.3, -0.25) is 4.90 Å². The summed E-state index contributed by atoms with van der Waals surface area (Å²) in [7, 11) is 0. The van der Waals surface area contributed by atoms with Crippen LogP contribution in [-0.2, 0) is 6.54 Å². The Bertz CT molecular complexity index is 276. The van der Waals surface area contributed by atoms with E-state index in [0.29, 0.717) is 6.04 Å². The highest BCUT2D eigenvalue weighted by molar-refractivity contribution is 4.98. The fourth-order valence-corrected chi connectivity index (χ4v) is 2.41. The predicted molar refractivity (Wildman–Crippen MR) is 65.3 cm³/mol. The summed E-state index contributed by atoms with van der Waals surface area (Å²) in [5, 5.41) is 3.52. The Kier molecular flexibility index (Phi) is 4.43. The Morgan fingerprint density at radius 1 is 1.50 bits per heavy atom. The van der Waals surface area contributed by atoms with E-state index in [0.717, 1.165) is 25.4 Å². The highest BCUT2D eigenvalue weighted by Gasteiger charge is 2.19.